The van der Waals surface area contributed by atoms with Crippen LogP contribution in [0, 0.1) is 0 Å². The molecule has 2 aromatic carbocycles. The standard InChI is InChI=1S/C29H39Cl2N3O5S/c1-4-27(29(36)32-23-9-6-7-10-23)33(20-21-12-13-22(30)19-26(21)31)28(35)11-8-18-34(40(3,37)38)24-14-16-25(17-15-24)39-5-2/h12-17,19,23,27H,4-11,18,20H2,1-3H3,(H,32,36)/t27-/m1/s1. The maximum absolute atomic E-state index is 13.6. The molecule has 1 aliphatic rings. The molecule has 220 valence electrons. The Morgan fingerprint density at radius 1 is 1.07 bits per heavy atom. The Labute approximate surface area is 248 Å². The van der Waals surface area contributed by atoms with E-state index in [0.717, 1.165) is 31.9 Å². The summed E-state index contributed by atoms with van der Waals surface area (Å²) in [5.41, 5.74) is 1.17. The predicted octanol–water partition coefficient (Wildman–Crippen LogP) is 5.80. The van der Waals surface area contributed by atoms with Gasteiger partial charge in [-0.25, -0.2) is 8.42 Å². The number of amides is 2. The van der Waals surface area contributed by atoms with Crippen molar-refractivity contribution in [1.29, 1.82) is 0 Å². The highest BCUT2D eigenvalue weighted by Crippen LogP contribution is 2.26. The van der Waals surface area contributed by atoms with E-state index in [1.807, 2.05) is 13.8 Å². The number of sulfonamides is 1. The first kappa shape index (κ1) is 32.0. The molecule has 0 aromatic heterocycles. The Morgan fingerprint density at radius 3 is 2.33 bits per heavy atom. The fourth-order valence-electron chi connectivity index (χ4n) is 5.00. The minimum absolute atomic E-state index is 0.0570. The van der Waals surface area contributed by atoms with Crippen LogP contribution in [0.4, 0.5) is 5.69 Å². The van der Waals surface area contributed by atoms with E-state index in [0.29, 0.717) is 40.1 Å². The molecule has 1 N–H and O–H groups in total. The summed E-state index contributed by atoms with van der Waals surface area (Å²) in [5.74, 6) is 0.215. The molecule has 0 radical (unpaired) electrons. The first-order valence-corrected chi connectivity index (χ1v) is 16.4. The molecule has 3 rings (SSSR count). The molecule has 0 aliphatic heterocycles. The number of nitrogens with zero attached hydrogens (tertiary/aromatic N) is 2. The number of nitrogens with one attached hydrogen (secondary N) is 1. The molecule has 1 saturated carbocycles. The smallest absolute Gasteiger partial charge is 0.243 e. The fourth-order valence-corrected chi connectivity index (χ4v) is 6.43. The van der Waals surface area contributed by atoms with Gasteiger partial charge in [-0.15, -0.1) is 0 Å². The fraction of sp³-hybridized carbons (Fsp3) is 0.517. The van der Waals surface area contributed by atoms with E-state index in [9.17, 15) is 18.0 Å². The van der Waals surface area contributed by atoms with Crippen LogP contribution < -0.4 is 14.4 Å². The number of halogens is 2. The molecule has 8 nitrogen and oxygen atoms in total. The van der Waals surface area contributed by atoms with Crippen molar-refractivity contribution in [3.8, 4) is 5.75 Å². The van der Waals surface area contributed by atoms with Gasteiger partial charge in [-0.1, -0.05) is 49.0 Å². The van der Waals surface area contributed by atoms with Crippen molar-refractivity contribution in [3.05, 3.63) is 58.1 Å². The average molecular weight is 613 g/mol. The molecule has 1 fully saturated rings. The minimum atomic E-state index is -3.59. The third-order valence-corrected chi connectivity index (χ3v) is 8.81. The molecule has 40 heavy (non-hydrogen) atoms. The van der Waals surface area contributed by atoms with Crippen LogP contribution in [0.25, 0.3) is 0 Å². The Hall–Kier alpha value is -2.49. The number of ether oxygens (including phenoxy) is 1. The molecule has 0 spiro atoms. The van der Waals surface area contributed by atoms with E-state index in [2.05, 4.69) is 5.32 Å². The van der Waals surface area contributed by atoms with Crippen molar-refractivity contribution < 1.29 is 22.7 Å². The highest BCUT2D eigenvalue weighted by atomic mass is 35.5. The molecule has 0 saturated heterocycles. The summed E-state index contributed by atoms with van der Waals surface area (Å²) in [6.45, 7) is 4.50. The summed E-state index contributed by atoms with van der Waals surface area (Å²) in [5, 5.41) is 4.01. The third kappa shape index (κ3) is 9.01. The molecule has 11 heteroatoms. The number of rotatable bonds is 14. The molecule has 0 bridgehead atoms. The van der Waals surface area contributed by atoms with Gasteiger partial charge in [-0.05, 0) is 74.6 Å². The molecule has 1 atom stereocenters. The molecule has 0 heterocycles. The quantitative estimate of drug-likeness (QED) is 0.291. The van der Waals surface area contributed by atoms with E-state index >= 15 is 0 Å². The number of hydrogen-bond donors (Lipinski definition) is 1. The summed E-state index contributed by atoms with van der Waals surface area (Å²) in [6, 6.07) is 11.3. The lowest BCUT2D eigenvalue weighted by molar-refractivity contribution is -0.141. The number of benzene rings is 2. The van der Waals surface area contributed by atoms with Gasteiger partial charge in [-0.2, -0.15) is 0 Å². The van der Waals surface area contributed by atoms with Crippen LogP contribution in [0.15, 0.2) is 42.5 Å². The molecule has 1 aliphatic carbocycles. The lowest BCUT2D eigenvalue weighted by atomic mass is 10.1. The third-order valence-electron chi connectivity index (χ3n) is 7.03. The Balaban J connectivity index is 1.77. The van der Waals surface area contributed by atoms with E-state index < -0.39 is 16.1 Å². The number of hydrogen-bond acceptors (Lipinski definition) is 5. The van der Waals surface area contributed by atoms with E-state index in [1.165, 1.54) is 4.31 Å². The zero-order valence-electron chi connectivity index (χ0n) is 23.4. The summed E-state index contributed by atoms with van der Waals surface area (Å²) in [6.07, 6.45) is 5.92. The van der Waals surface area contributed by atoms with Gasteiger partial charge in [0, 0.05) is 35.6 Å². The highest BCUT2D eigenvalue weighted by molar-refractivity contribution is 7.92. The first-order chi connectivity index (χ1) is 19.0. The maximum atomic E-state index is 13.6. The van der Waals surface area contributed by atoms with E-state index in [1.54, 1.807) is 47.4 Å². The largest absolute Gasteiger partial charge is 0.494 e. The van der Waals surface area contributed by atoms with Crippen molar-refractivity contribution in [2.45, 2.75) is 77.4 Å². The molecular weight excluding hydrogens is 573 g/mol. The van der Waals surface area contributed by atoms with Gasteiger partial charge in [0.25, 0.3) is 0 Å². The van der Waals surface area contributed by atoms with Gasteiger partial charge in [-0.3, -0.25) is 13.9 Å². The van der Waals surface area contributed by atoms with Crippen molar-refractivity contribution in [2.24, 2.45) is 0 Å². The van der Waals surface area contributed by atoms with Crippen molar-refractivity contribution in [1.82, 2.24) is 10.2 Å². The van der Waals surface area contributed by atoms with Gasteiger partial charge >= 0.3 is 0 Å². The minimum Gasteiger partial charge on any atom is -0.494 e. The topological polar surface area (TPSA) is 96.0 Å². The Kier molecular flexibility index (Phi) is 12.0. The monoisotopic (exact) mass is 611 g/mol. The normalized spacial score (nSPS) is 14.5. The van der Waals surface area contributed by atoms with Crippen LogP contribution >= 0.6 is 23.2 Å². The molecule has 2 amide bonds. The second kappa shape index (κ2) is 14.9. The molecule has 0 unspecified atom stereocenters. The van der Waals surface area contributed by atoms with Gasteiger partial charge in [0.15, 0.2) is 0 Å². The number of carbonyl (C=O) groups is 2. The lowest BCUT2D eigenvalue weighted by Crippen LogP contribution is -2.51. The molecule has 2 aromatic rings. The zero-order valence-corrected chi connectivity index (χ0v) is 25.7. The second-order valence-electron chi connectivity index (χ2n) is 10.0. The van der Waals surface area contributed by atoms with Gasteiger partial charge < -0.3 is 15.0 Å². The van der Waals surface area contributed by atoms with E-state index in [4.69, 9.17) is 27.9 Å². The van der Waals surface area contributed by atoms with Crippen LogP contribution in [0.5, 0.6) is 5.75 Å². The highest BCUT2D eigenvalue weighted by Gasteiger charge is 2.31. The number of carbonyl (C=O) groups excluding carboxylic acids is 2. The summed E-state index contributed by atoms with van der Waals surface area (Å²) >= 11 is 12.5. The van der Waals surface area contributed by atoms with Crippen LogP contribution in [0.2, 0.25) is 10.0 Å². The summed E-state index contributed by atoms with van der Waals surface area (Å²) < 4.78 is 31.9. The average Bonchev–Trinajstić information content (AvgIpc) is 3.41. The predicted molar refractivity (Wildman–Crippen MR) is 161 cm³/mol. The van der Waals surface area contributed by atoms with Crippen molar-refractivity contribution >= 4 is 50.7 Å². The van der Waals surface area contributed by atoms with Crippen LogP contribution in [0.1, 0.15) is 64.4 Å². The SMILES string of the molecule is CCOc1ccc(N(CCCC(=O)N(Cc2ccc(Cl)cc2Cl)[C@H](CC)C(=O)NC2CCCC2)S(C)(=O)=O)cc1. The summed E-state index contributed by atoms with van der Waals surface area (Å²) in [7, 11) is -3.59. The van der Waals surface area contributed by atoms with Gasteiger partial charge in [0.1, 0.15) is 11.8 Å². The van der Waals surface area contributed by atoms with Gasteiger partial charge in [0.05, 0.1) is 18.6 Å². The van der Waals surface area contributed by atoms with Crippen molar-refractivity contribution in [2.75, 3.05) is 23.7 Å². The van der Waals surface area contributed by atoms with Crippen LogP contribution in [-0.2, 0) is 26.2 Å². The Bertz CT molecular complexity index is 1250. The number of anilines is 1. The van der Waals surface area contributed by atoms with Gasteiger partial charge in [0.2, 0.25) is 21.8 Å². The zero-order chi connectivity index (χ0) is 29.3. The second-order valence-corrected chi connectivity index (χ2v) is 12.8. The first-order valence-electron chi connectivity index (χ1n) is 13.8. The Morgan fingerprint density at radius 2 is 1.75 bits per heavy atom. The summed E-state index contributed by atoms with van der Waals surface area (Å²) in [4.78, 5) is 28.5. The van der Waals surface area contributed by atoms with Crippen molar-refractivity contribution in [3.63, 3.8) is 0 Å². The maximum Gasteiger partial charge on any atom is 0.243 e. The van der Waals surface area contributed by atoms with Crippen LogP contribution in [-0.4, -0.2) is 56.6 Å². The van der Waals surface area contributed by atoms with E-state index in [-0.39, 0.29) is 43.8 Å². The molecular formula is C29H39Cl2N3O5S. The van der Waals surface area contributed by atoms with Crippen LogP contribution in [0.3, 0.4) is 0 Å². The lowest BCUT2D eigenvalue weighted by Gasteiger charge is -2.32.